The summed E-state index contributed by atoms with van der Waals surface area (Å²) in [6.07, 6.45) is 0.468. The van der Waals surface area contributed by atoms with Crippen molar-refractivity contribution in [3.8, 4) is 0 Å². The predicted molar refractivity (Wildman–Crippen MR) is 29.6 cm³/mol. The van der Waals surface area contributed by atoms with E-state index < -0.39 is 11.9 Å². The molecule has 0 saturated heterocycles. The van der Waals surface area contributed by atoms with E-state index in [9.17, 15) is 4.79 Å². The van der Waals surface area contributed by atoms with Crippen molar-refractivity contribution in [2.75, 3.05) is 6.61 Å². The van der Waals surface area contributed by atoms with E-state index in [1.165, 1.54) is 0 Å². The molecule has 0 radical (unpaired) electrons. The third kappa shape index (κ3) is 2.43. The van der Waals surface area contributed by atoms with Crippen molar-refractivity contribution in [3.05, 3.63) is 0 Å². The summed E-state index contributed by atoms with van der Waals surface area (Å²) in [7, 11) is 0. The predicted octanol–water partition coefficient (Wildman–Crippen LogP) is 0.0211. The number of hydrogen-bond acceptors (Lipinski definition) is 4. The van der Waals surface area contributed by atoms with Crippen molar-refractivity contribution in [2.24, 2.45) is 5.92 Å². The van der Waals surface area contributed by atoms with Crippen LogP contribution in [0.2, 0.25) is 0 Å². The van der Waals surface area contributed by atoms with Crippen LogP contribution in [-0.2, 0) is 9.68 Å². The summed E-state index contributed by atoms with van der Waals surface area (Å²) in [4.78, 5) is 13.7. The van der Waals surface area contributed by atoms with E-state index in [4.69, 9.17) is 10.4 Å². The highest BCUT2D eigenvalue weighted by atomic mass is 17.1. The SMILES string of the molecule is CCC(CO)C(=O)OO. The largest absolute Gasteiger partial charge is 0.395 e. The lowest BCUT2D eigenvalue weighted by Crippen LogP contribution is -2.18. The maximum atomic E-state index is 10.3. The zero-order chi connectivity index (χ0) is 7.28. The standard InChI is InChI=1S/C5H10O4/c1-2-4(3-6)5(7)9-8/h4,6,8H,2-3H2,1H3. The molecular formula is C5H10O4. The van der Waals surface area contributed by atoms with E-state index in [1.807, 2.05) is 0 Å². The first-order valence-electron chi connectivity index (χ1n) is 2.72. The van der Waals surface area contributed by atoms with Crippen LogP contribution in [0.4, 0.5) is 0 Å². The molecule has 0 fully saturated rings. The van der Waals surface area contributed by atoms with Gasteiger partial charge in [0.05, 0.1) is 12.5 Å². The maximum absolute atomic E-state index is 10.3. The van der Waals surface area contributed by atoms with Crippen molar-refractivity contribution >= 4 is 5.97 Å². The van der Waals surface area contributed by atoms with Crippen LogP contribution >= 0.6 is 0 Å². The fourth-order valence-corrected chi connectivity index (χ4v) is 0.445. The molecule has 2 N–H and O–H groups in total. The Morgan fingerprint density at radius 1 is 1.78 bits per heavy atom. The molecule has 1 atom stereocenters. The molecule has 0 aromatic rings. The van der Waals surface area contributed by atoms with E-state index in [1.54, 1.807) is 6.92 Å². The van der Waals surface area contributed by atoms with E-state index >= 15 is 0 Å². The molecule has 0 aliphatic rings. The number of hydrogen-bond donors (Lipinski definition) is 2. The molecule has 0 saturated carbocycles. The monoisotopic (exact) mass is 134 g/mol. The van der Waals surface area contributed by atoms with Gasteiger partial charge < -0.3 is 9.99 Å². The minimum Gasteiger partial charge on any atom is -0.395 e. The minimum atomic E-state index is -0.778. The molecular weight excluding hydrogens is 124 g/mol. The Labute approximate surface area is 53.0 Å². The maximum Gasteiger partial charge on any atom is 0.347 e. The first kappa shape index (κ1) is 8.39. The van der Waals surface area contributed by atoms with Crippen molar-refractivity contribution < 1.29 is 20.0 Å². The van der Waals surface area contributed by atoms with Gasteiger partial charge in [0.15, 0.2) is 0 Å². The molecule has 0 bridgehead atoms. The molecule has 0 aliphatic carbocycles. The third-order valence-electron chi connectivity index (χ3n) is 1.14. The van der Waals surface area contributed by atoms with E-state index in [-0.39, 0.29) is 6.61 Å². The summed E-state index contributed by atoms with van der Waals surface area (Å²) in [5.41, 5.74) is 0. The Morgan fingerprint density at radius 3 is 2.44 bits per heavy atom. The van der Waals surface area contributed by atoms with Crippen LogP contribution in [0.5, 0.6) is 0 Å². The van der Waals surface area contributed by atoms with Gasteiger partial charge in [0.2, 0.25) is 0 Å². The second-order valence-electron chi connectivity index (χ2n) is 1.70. The highest BCUT2D eigenvalue weighted by molar-refractivity contribution is 5.71. The van der Waals surface area contributed by atoms with Crippen LogP contribution in [0, 0.1) is 5.92 Å². The second-order valence-corrected chi connectivity index (χ2v) is 1.70. The summed E-state index contributed by atoms with van der Waals surface area (Å²) in [6, 6.07) is 0. The van der Waals surface area contributed by atoms with Crippen molar-refractivity contribution in [2.45, 2.75) is 13.3 Å². The average molecular weight is 134 g/mol. The second kappa shape index (κ2) is 4.29. The fourth-order valence-electron chi connectivity index (χ4n) is 0.445. The van der Waals surface area contributed by atoms with E-state index in [0.29, 0.717) is 6.42 Å². The van der Waals surface area contributed by atoms with Gasteiger partial charge in [-0.3, -0.25) is 0 Å². The molecule has 1 unspecified atom stereocenters. The fraction of sp³-hybridized carbons (Fsp3) is 0.800. The van der Waals surface area contributed by atoms with Crippen LogP contribution in [-0.4, -0.2) is 22.9 Å². The van der Waals surface area contributed by atoms with Crippen molar-refractivity contribution in [1.82, 2.24) is 0 Å². The number of carbonyl (C=O) groups excluding carboxylic acids is 1. The molecule has 0 rings (SSSR count). The number of aliphatic hydroxyl groups is 1. The highest BCUT2D eigenvalue weighted by Crippen LogP contribution is 2.01. The van der Waals surface area contributed by atoms with Crippen LogP contribution < -0.4 is 0 Å². The normalized spacial score (nSPS) is 12.8. The molecule has 4 heteroatoms. The number of carbonyl (C=O) groups is 1. The van der Waals surface area contributed by atoms with Gasteiger partial charge in [0.25, 0.3) is 0 Å². The Kier molecular flexibility index (Phi) is 4.00. The lowest BCUT2D eigenvalue weighted by atomic mass is 10.1. The molecule has 54 valence electrons. The van der Waals surface area contributed by atoms with Gasteiger partial charge in [0, 0.05) is 0 Å². The molecule has 4 nitrogen and oxygen atoms in total. The summed E-state index contributed by atoms with van der Waals surface area (Å²) in [6.45, 7) is 1.44. The highest BCUT2D eigenvalue weighted by Gasteiger charge is 2.16. The van der Waals surface area contributed by atoms with Crippen LogP contribution in [0.15, 0.2) is 0 Å². The molecule has 0 aromatic carbocycles. The first-order valence-corrected chi connectivity index (χ1v) is 2.72. The molecule has 0 aromatic heterocycles. The number of aliphatic hydroxyl groups excluding tert-OH is 1. The Balaban J connectivity index is 3.64. The molecule has 0 amide bonds. The molecule has 0 spiro atoms. The molecule has 0 heterocycles. The van der Waals surface area contributed by atoms with Gasteiger partial charge in [0.1, 0.15) is 0 Å². The summed E-state index contributed by atoms with van der Waals surface area (Å²) in [5, 5.41) is 16.2. The summed E-state index contributed by atoms with van der Waals surface area (Å²) < 4.78 is 0. The van der Waals surface area contributed by atoms with Gasteiger partial charge in [-0.2, -0.15) is 5.26 Å². The third-order valence-corrected chi connectivity index (χ3v) is 1.14. The average Bonchev–Trinajstić information content (AvgIpc) is 1.90. The lowest BCUT2D eigenvalue weighted by Gasteiger charge is -2.04. The zero-order valence-electron chi connectivity index (χ0n) is 5.20. The van der Waals surface area contributed by atoms with Crippen molar-refractivity contribution in [3.63, 3.8) is 0 Å². The lowest BCUT2D eigenvalue weighted by molar-refractivity contribution is -0.240. The van der Waals surface area contributed by atoms with Crippen LogP contribution in [0.25, 0.3) is 0 Å². The first-order chi connectivity index (χ1) is 4.26. The smallest absolute Gasteiger partial charge is 0.347 e. The minimum absolute atomic E-state index is 0.282. The van der Waals surface area contributed by atoms with E-state index in [0.717, 1.165) is 0 Å². The summed E-state index contributed by atoms with van der Waals surface area (Å²) >= 11 is 0. The quantitative estimate of drug-likeness (QED) is 0.422. The van der Waals surface area contributed by atoms with Gasteiger partial charge in [-0.15, -0.1) is 0 Å². The van der Waals surface area contributed by atoms with Gasteiger partial charge in [-0.25, -0.2) is 4.79 Å². The van der Waals surface area contributed by atoms with Gasteiger partial charge in [-0.05, 0) is 6.42 Å². The van der Waals surface area contributed by atoms with Gasteiger partial charge >= 0.3 is 5.97 Å². The Morgan fingerprint density at radius 2 is 2.33 bits per heavy atom. The topological polar surface area (TPSA) is 66.8 Å². The Bertz CT molecular complexity index is 87.0. The van der Waals surface area contributed by atoms with Crippen LogP contribution in [0.3, 0.4) is 0 Å². The Hall–Kier alpha value is -0.610. The molecule has 0 aliphatic heterocycles. The van der Waals surface area contributed by atoms with Crippen molar-refractivity contribution in [1.29, 1.82) is 0 Å². The number of rotatable bonds is 3. The summed E-state index contributed by atoms with van der Waals surface area (Å²) in [5.74, 6) is -1.37. The molecule has 9 heavy (non-hydrogen) atoms. The van der Waals surface area contributed by atoms with Gasteiger partial charge in [-0.1, -0.05) is 6.92 Å². The zero-order valence-corrected chi connectivity index (χ0v) is 5.20. The van der Waals surface area contributed by atoms with E-state index in [2.05, 4.69) is 4.89 Å². The van der Waals surface area contributed by atoms with Crippen LogP contribution in [0.1, 0.15) is 13.3 Å².